The maximum absolute atomic E-state index is 13.3. The van der Waals surface area contributed by atoms with Crippen LogP contribution in [-0.2, 0) is 0 Å². The summed E-state index contributed by atoms with van der Waals surface area (Å²) < 4.78 is 1.67. The standard InChI is InChI=1S/C28H19N3OS/c32-28-30-23(20-15-16-27-24(17-20)29-22-13-7-8-14-26(22)33-27)18-25(19-9-3-1-4-10-19)31(28)21-11-5-2-6-12-21/h1-18,29H. The van der Waals surface area contributed by atoms with E-state index in [9.17, 15) is 4.79 Å². The third kappa shape index (κ3) is 3.62. The van der Waals surface area contributed by atoms with Crippen LogP contribution in [0.3, 0.4) is 0 Å². The van der Waals surface area contributed by atoms with Gasteiger partial charge in [-0.3, -0.25) is 4.57 Å². The van der Waals surface area contributed by atoms with Gasteiger partial charge in [0.05, 0.1) is 28.5 Å². The van der Waals surface area contributed by atoms with Crippen molar-refractivity contribution in [2.75, 3.05) is 5.32 Å². The molecule has 0 saturated carbocycles. The molecule has 0 radical (unpaired) electrons. The van der Waals surface area contributed by atoms with Gasteiger partial charge in [-0.05, 0) is 48.0 Å². The van der Waals surface area contributed by atoms with Crippen molar-refractivity contribution in [3.05, 3.63) is 120 Å². The van der Waals surface area contributed by atoms with Crippen LogP contribution < -0.4 is 11.0 Å². The number of anilines is 2. The fraction of sp³-hybridized carbons (Fsp3) is 0. The highest BCUT2D eigenvalue weighted by Gasteiger charge is 2.18. The lowest BCUT2D eigenvalue weighted by Gasteiger charge is -2.21. The summed E-state index contributed by atoms with van der Waals surface area (Å²) >= 11 is 1.74. The molecular formula is C28H19N3OS. The number of hydrogen-bond acceptors (Lipinski definition) is 4. The van der Waals surface area contributed by atoms with Gasteiger partial charge >= 0.3 is 5.69 Å². The summed E-state index contributed by atoms with van der Waals surface area (Å²) in [7, 11) is 0. The van der Waals surface area contributed by atoms with Crippen LogP contribution in [0.5, 0.6) is 0 Å². The average Bonchev–Trinajstić information content (AvgIpc) is 2.87. The van der Waals surface area contributed by atoms with E-state index >= 15 is 0 Å². The maximum Gasteiger partial charge on any atom is 0.353 e. The van der Waals surface area contributed by atoms with Crippen molar-refractivity contribution in [3.8, 4) is 28.2 Å². The van der Waals surface area contributed by atoms with Gasteiger partial charge in [0.15, 0.2) is 0 Å². The quantitative estimate of drug-likeness (QED) is 0.326. The summed E-state index contributed by atoms with van der Waals surface area (Å²) in [5.74, 6) is 0. The van der Waals surface area contributed by atoms with Crippen LogP contribution >= 0.6 is 11.8 Å². The highest BCUT2D eigenvalue weighted by Crippen LogP contribution is 2.45. The van der Waals surface area contributed by atoms with Crippen LogP contribution in [0.25, 0.3) is 28.2 Å². The van der Waals surface area contributed by atoms with Crippen LogP contribution in [-0.4, -0.2) is 9.55 Å². The largest absolute Gasteiger partial charge is 0.354 e. The Labute approximate surface area is 195 Å². The Morgan fingerprint density at radius 3 is 2.18 bits per heavy atom. The summed E-state index contributed by atoms with van der Waals surface area (Å²) in [6.07, 6.45) is 0. The van der Waals surface area contributed by atoms with E-state index in [1.54, 1.807) is 16.3 Å². The SMILES string of the molecule is O=c1nc(-c2ccc3c(c2)Nc2ccccc2S3)cc(-c2ccccc2)n1-c1ccccc1. The number of para-hydroxylation sites is 2. The zero-order chi connectivity index (χ0) is 22.2. The van der Waals surface area contributed by atoms with Crippen LogP contribution in [0.2, 0.25) is 0 Å². The summed E-state index contributed by atoms with van der Waals surface area (Å²) in [6.45, 7) is 0. The topological polar surface area (TPSA) is 46.9 Å². The predicted octanol–water partition coefficient (Wildman–Crippen LogP) is 6.77. The second kappa shape index (κ2) is 8.11. The third-order valence-electron chi connectivity index (χ3n) is 5.66. The predicted molar refractivity (Wildman–Crippen MR) is 135 cm³/mol. The van der Waals surface area contributed by atoms with E-state index in [0.29, 0.717) is 5.69 Å². The summed E-state index contributed by atoms with van der Waals surface area (Å²) in [5, 5.41) is 3.52. The van der Waals surface area contributed by atoms with Crippen LogP contribution in [0, 0.1) is 0 Å². The van der Waals surface area contributed by atoms with Crippen molar-refractivity contribution in [2.24, 2.45) is 0 Å². The second-order valence-electron chi connectivity index (χ2n) is 7.78. The molecule has 0 fully saturated rings. The molecule has 33 heavy (non-hydrogen) atoms. The van der Waals surface area contributed by atoms with Crippen molar-refractivity contribution in [2.45, 2.75) is 9.79 Å². The van der Waals surface area contributed by atoms with Crippen molar-refractivity contribution < 1.29 is 0 Å². The van der Waals surface area contributed by atoms with Crippen molar-refractivity contribution >= 4 is 23.1 Å². The molecule has 0 aliphatic carbocycles. The van der Waals surface area contributed by atoms with E-state index < -0.39 is 0 Å². The van der Waals surface area contributed by atoms with Gasteiger partial charge in [0.25, 0.3) is 0 Å². The first kappa shape index (κ1) is 19.6. The molecule has 5 aromatic rings. The van der Waals surface area contributed by atoms with Crippen LogP contribution in [0.4, 0.5) is 11.4 Å². The number of nitrogens with one attached hydrogen (secondary N) is 1. The molecule has 4 aromatic carbocycles. The van der Waals surface area contributed by atoms with Gasteiger partial charge in [-0.1, -0.05) is 78.5 Å². The number of hydrogen-bond donors (Lipinski definition) is 1. The van der Waals surface area contributed by atoms with Crippen LogP contribution in [0.15, 0.2) is 124 Å². The first-order chi connectivity index (χ1) is 16.3. The molecule has 0 atom stereocenters. The zero-order valence-electron chi connectivity index (χ0n) is 17.6. The molecule has 0 unspecified atom stereocenters. The second-order valence-corrected chi connectivity index (χ2v) is 8.86. The third-order valence-corrected chi connectivity index (χ3v) is 6.81. The Bertz CT molecular complexity index is 1530. The molecule has 1 aliphatic heterocycles. The molecule has 1 aromatic heterocycles. The number of rotatable bonds is 3. The molecule has 0 bridgehead atoms. The van der Waals surface area contributed by atoms with Gasteiger partial charge in [-0.25, -0.2) is 4.79 Å². The Hall–Kier alpha value is -4.09. The first-order valence-corrected chi connectivity index (χ1v) is 11.5. The Morgan fingerprint density at radius 1 is 0.667 bits per heavy atom. The number of benzene rings is 4. The van der Waals surface area contributed by atoms with Crippen molar-refractivity contribution in [1.29, 1.82) is 0 Å². The van der Waals surface area contributed by atoms with E-state index in [0.717, 1.165) is 38.8 Å². The van der Waals surface area contributed by atoms with E-state index in [4.69, 9.17) is 0 Å². The molecule has 0 amide bonds. The fourth-order valence-electron chi connectivity index (χ4n) is 4.08. The lowest BCUT2D eigenvalue weighted by molar-refractivity contribution is 0.926. The zero-order valence-corrected chi connectivity index (χ0v) is 18.4. The molecule has 4 nitrogen and oxygen atoms in total. The molecule has 0 spiro atoms. The highest BCUT2D eigenvalue weighted by molar-refractivity contribution is 7.99. The fourth-order valence-corrected chi connectivity index (χ4v) is 5.05. The smallest absolute Gasteiger partial charge is 0.353 e. The van der Waals surface area contributed by atoms with Gasteiger partial charge in [0.1, 0.15) is 0 Å². The first-order valence-electron chi connectivity index (χ1n) is 10.7. The molecule has 1 aliphatic rings. The highest BCUT2D eigenvalue weighted by atomic mass is 32.2. The van der Waals surface area contributed by atoms with Crippen molar-refractivity contribution in [3.63, 3.8) is 0 Å². The number of aromatic nitrogens is 2. The summed E-state index contributed by atoms with van der Waals surface area (Å²) in [6, 6.07) is 36.0. The Morgan fingerprint density at radius 2 is 1.36 bits per heavy atom. The Balaban J connectivity index is 1.50. The summed E-state index contributed by atoms with van der Waals surface area (Å²) in [4.78, 5) is 20.1. The molecule has 0 saturated heterocycles. The molecule has 158 valence electrons. The van der Waals surface area contributed by atoms with Gasteiger partial charge in [0.2, 0.25) is 0 Å². The van der Waals surface area contributed by atoms with E-state index in [2.05, 4.69) is 34.6 Å². The van der Waals surface area contributed by atoms with E-state index in [1.807, 2.05) is 84.9 Å². The molecule has 1 N–H and O–H groups in total. The minimum absolute atomic E-state index is 0.303. The van der Waals surface area contributed by atoms with Gasteiger partial charge in [-0.2, -0.15) is 4.98 Å². The molecular weight excluding hydrogens is 426 g/mol. The number of nitrogens with zero attached hydrogens (tertiary/aromatic N) is 2. The van der Waals surface area contributed by atoms with E-state index in [1.165, 1.54) is 4.90 Å². The normalized spacial score (nSPS) is 11.9. The maximum atomic E-state index is 13.3. The summed E-state index contributed by atoms with van der Waals surface area (Å²) in [5.41, 5.74) is 5.92. The average molecular weight is 446 g/mol. The van der Waals surface area contributed by atoms with Gasteiger partial charge in [0, 0.05) is 15.4 Å². The lowest BCUT2D eigenvalue weighted by Crippen LogP contribution is -2.23. The van der Waals surface area contributed by atoms with Gasteiger partial charge in [-0.15, -0.1) is 0 Å². The molecule has 2 heterocycles. The van der Waals surface area contributed by atoms with Gasteiger partial charge < -0.3 is 5.32 Å². The monoisotopic (exact) mass is 445 g/mol. The minimum atomic E-state index is -0.303. The molecule has 6 rings (SSSR count). The van der Waals surface area contributed by atoms with Crippen molar-refractivity contribution in [1.82, 2.24) is 9.55 Å². The lowest BCUT2D eigenvalue weighted by atomic mass is 10.1. The Kier molecular flexibility index (Phi) is 4.82. The minimum Gasteiger partial charge on any atom is -0.354 e. The molecule has 5 heteroatoms. The van der Waals surface area contributed by atoms with E-state index in [-0.39, 0.29) is 5.69 Å². The van der Waals surface area contributed by atoms with Crippen LogP contribution in [0.1, 0.15) is 0 Å². The number of fused-ring (bicyclic) bond motifs is 2.